The van der Waals surface area contributed by atoms with E-state index in [1.807, 2.05) is 18.2 Å². The molecular weight excluding hydrogens is 236 g/mol. The predicted molar refractivity (Wildman–Crippen MR) is 71.8 cm³/mol. The van der Waals surface area contributed by atoms with E-state index in [0.717, 1.165) is 17.5 Å². The molecule has 0 atom stereocenters. The summed E-state index contributed by atoms with van der Waals surface area (Å²) in [6.45, 7) is 3.85. The number of aliphatic hydroxyl groups is 1. The minimum Gasteiger partial charge on any atom is -0.504 e. The van der Waals surface area contributed by atoms with Crippen LogP contribution in [0, 0.1) is 0 Å². The molecule has 0 heterocycles. The van der Waals surface area contributed by atoms with E-state index >= 15 is 0 Å². The van der Waals surface area contributed by atoms with Crippen LogP contribution in [-0.4, -0.2) is 29.7 Å². The smallest absolute Gasteiger partial charge is 0.161 e. The monoisotopic (exact) mass is 254 g/mol. The topological polar surface area (TPSA) is 49.7 Å². The van der Waals surface area contributed by atoms with Gasteiger partial charge in [0.1, 0.15) is 0 Å². The van der Waals surface area contributed by atoms with Crippen LogP contribution in [0.5, 0.6) is 11.5 Å². The normalized spacial score (nSPS) is 10.2. The number of benzene rings is 1. The summed E-state index contributed by atoms with van der Waals surface area (Å²) in [6, 6.07) is 3.77. The fourth-order valence-electron chi connectivity index (χ4n) is 1.53. The van der Waals surface area contributed by atoms with Crippen molar-refractivity contribution in [1.82, 2.24) is 0 Å². The number of thioether (sulfide) groups is 1. The second-order valence-corrected chi connectivity index (χ2v) is 4.68. The molecule has 1 aromatic rings. The first-order chi connectivity index (χ1) is 8.22. The molecule has 3 nitrogen and oxygen atoms in total. The van der Waals surface area contributed by atoms with Crippen LogP contribution in [0.4, 0.5) is 0 Å². The van der Waals surface area contributed by atoms with Crippen molar-refractivity contribution in [3.8, 4) is 11.5 Å². The third-order valence-corrected chi connectivity index (χ3v) is 3.29. The zero-order valence-corrected chi connectivity index (χ0v) is 10.8. The number of methoxy groups -OCH3 is 1. The lowest BCUT2D eigenvalue weighted by Gasteiger charge is -2.11. The lowest BCUT2D eigenvalue weighted by Crippen LogP contribution is -1.94. The second kappa shape index (κ2) is 7.25. The summed E-state index contributed by atoms with van der Waals surface area (Å²) in [6.07, 6.45) is 2.56. The number of aromatic hydroxyl groups is 1. The fraction of sp³-hybridized carbons (Fsp3) is 0.385. The van der Waals surface area contributed by atoms with Gasteiger partial charge in [-0.3, -0.25) is 0 Å². The van der Waals surface area contributed by atoms with Crippen molar-refractivity contribution < 1.29 is 14.9 Å². The number of phenols is 1. The first-order valence-electron chi connectivity index (χ1n) is 5.41. The first-order valence-corrected chi connectivity index (χ1v) is 6.56. The van der Waals surface area contributed by atoms with Crippen LogP contribution in [0.2, 0.25) is 0 Å². The number of hydrogen-bond donors (Lipinski definition) is 2. The van der Waals surface area contributed by atoms with E-state index in [1.54, 1.807) is 11.8 Å². The molecule has 2 N–H and O–H groups in total. The number of ether oxygens (including phenoxy) is 1. The second-order valence-electron chi connectivity index (χ2n) is 3.57. The van der Waals surface area contributed by atoms with Gasteiger partial charge in [-0.05, 0) is 18.1 Å². The quantitative estimate of drug-likeness (QED) is 0.579. The summed E-state index contributed by atoms with van der Waals surface area (Å²) < 4.78 is 5.14. The Balaban J connectivity index is 2.91. The van der Waals surface area contributed by atoms with E-state index in [4.69, 9.17) is 9.84 Å². The molecule has 0 saturated carbocycles. The summed E-state index contributed by atoms with van der Waals surface area (Å²) in [7, 11) is 1.54. The van der Waals surface area contributed by atoms with Gasteiger partial charge in [-0.2, -0.15) is 11.8 Å². The molecule has 0 aliphatic rings. The zero-order chi connectivity index (χ0) is 12.7. The average Bonchev–Trinajstić information content (AvgIpc) is 2.33. The van der Waals surface area contributed by atoms with E-state index in [2.05, 4.69) is 6.58 Å². The molecule has 0 fully saturated rings. The van der Waals surface area contributed by atoms with Crippen molar-refractivity contribution in [2.45, 2.75) is 12.2 Å². The van der Waals surface area contributed by atoms with Gasteiger partial charge in [-0.25, -0.2) is 0 Å². The number of hydrogen-bond acceptors (Lipinski definition) is 4. The van der Waals surface area contributed by atoms with Crippen molar-refractivity contribution in [3.63, 3.8) is 0 Å². The molecule has 17 heavy (non-hydrogen) atoms. The predicted octanol–water partition coefficient (Wildman–Crippen LogP) is 2.35. The van der Waals surface area contributed by atoms with Crippen LogP contribution >= 0.6 is 11.8 Å². The Hall–Kier alpha value is -1.13. The van der Waals surface area contributed by atoms with Crippen LogP contribution in [0.3, 0.4) is 0 Å². The largest absolute Gasteiger partial charge is 0.504 e. The fourth-order valence-corrected chi connectivity index (χ4v) is 2.24. The van der Waals surface area contributed by atoms with E-state index in [9.17, 15) is 5.11 Å². The summed E-state index contributed by atoms with van der Waals surface area (Å²) >= 11 is 1.58. The van der Waals surface area contributed by atoms with E-state index in [1.165, 1.54) is 7.11 Å². The molecule has 4 heteroatoms. The van der Waals surface area contributed by atoms with Gasteiger partial charge in [0.2, 0.25) is 0 Å². The third-order valence-electron chi connectivity index (χ3n) is 2.31. The van der Waals surface area contributed by atoms with E-state index in [0.29, 0.717) is 17.3 Å². The third kappa shape index (κ3) is 3.98. The summed E-state index contributed by atoms with van der Waals surface area (Å²) in [4.78, 5) is 0. The van der Waals surface area contributed by atoms with Gasteiger partial charge in [0.25, 0.3) is 0 Å². The first kappa shape index (κ1) is 13.9. The van der Waals surface area contributed by atoms with Gasteiger partial charge >= 0.3 is 0 Å². The molecule has 1 rings (SSSR count). The van der Waals surface area contributed by atoms with Gasteiger partial charge in [0.15, 0.2) is 11.5 Å². The van der Waals surface area contributed by atoms with E-state index < -0.39 is 0 Å². The highest BCUT2D eigenvalue weighted by Crippen LogP contribution is 2.33. The van der Waals surface area contributed by atoms with Crippen LogP contribution in [0.25, 0.3) is 0 Å². The Morgan fingerprint density at radius 1 is 1.47 bits per heavy atom. The maximum atomic E-state index is 9.95. The van der Waals surface area contributed by atoms with Crippen LogP contribution in [-0.2, 0) is 12.2 Å². The van der Waals surface area contributed by atoms with Crippen LogP contribution < -0.4 is 4.74 Å². The zero-order valence-electron chi connectivity index (χ0n) is 9.98. The molecule has 0 radical (unpaired) electrons. The standard InChI is InChI=1S/C13H18O3S/c1-3-4-10-7-11(9-17-6-5-14)13(15)12(8-10)16-2/h3,7-8,14-15H,1,4-6,9H2,2H3. The average molecular weight is 254 g/mol. The molecule has 94 valence electrons. The molecule has 0 spiro atoms. The van der Waals surface area contributed by atoms with Gasteiger partial charge in [-0.15, -0.1) is 6.58 Å². The Morgan fingerprint density at radius 2 is 2.24 bits per heavy atom. The van der Waals surface area contributed by atoms with Gasteiger partial charge in [0.05, 0.1) is 13.7 Å². The van der Waals surface area contributed by atoms with Gasteiger partial charge < -0.3 is 14.9 Å². The van der Waals surface area contributed by atoms with Gasteiger partial charge in [0, 0.05) is 17.1 Å². The Morgan fingerprint density at radius 3 is 2.82 bits per heavy atom. The van der Waals surface area contributed by atoms with Crippen molar-refractivity contribution in [2.24, 2.45) is 0 Å². The molecule has 0 bridgehead atoms. The number of aliphatic hydroxyl groups excluding tert-OH is 1. The Labute approximate surface area is 106 Å². The van der Waals surface area contributed by atoms with E-state index in [-0.39, 0.29) is 12.4 Å². The highest BCUT2D eigenvalue weighted by Gasteiger charge is 2.10. The minimum atomic E-state index is 0.148. The number of phenolic OH excluding ortho intramolecular Hbond substituents is 1. The maximum Gasteiger partial charge on any atom is 0.161 e. The van der Waals surface area contributed by atoms with Crippen molar-refractivity contribution in [3.05, 3.63) is 35.9 Å². The summed E-state index contributed by atoms with van der Waals surface area (Å²) in [5.74, 6) is 2.00. The number of rotatable bonds is 7. The number of allylic oxidation sites excluding steroid dienone is 1. The molecular formula is C13H18O3S. The molecule has 0 saturated heterocycles. The molecule has 0 aliphatic carbocycles. The Kier molecular flexibility index (Phi) is 5.94. The summed E-state index contributed by atoms with van der Waals surface area (Å²) in [5, 5.41) is 18.7. The highest BCUT2D eigenvalue weighted by atomic mass is 32.2. The van der Waals surface area contributed by atoms with Crippen molar-refractivity contribution >= 4 is 11.8 Å². The minimum absolute atomic E-state index is 0.148. The molecule has 0 aromatic heterocycles. The summed E-state index contributed by atoms with van der Waals surface area (Å²) in [5.41, 5.74) is 1.90. The lowest BCUT2D eigenvalue weighted by atomic mass is 10.1. The van der Waals surface area contributed by atoms with Crippen molar-refractivity contribution in [2.75, 3.05) is 19.5 Å². The lowest BCUT2D eigenvalue weighted by molar-refractivity contribution is 0.322. The van der Waals surface area contributed by atoms with Gasteiger partial charge in [-0.1, -0.05) is 12.1 Å². The molecule has 1 aromatic carbocycles. The highest BCUT2D eigenvalue weighted by molar-refractivity contribution is 7.98. The van der Waals surface area contributed by atoms with Crippen LogP contribution in [0.15, 0.2) is 24.8 Å². The SMILES string of the molecule is C=CCc1cc(CSCCO)c(O)c(OC)c1. The maximum absolute atomic E-state index is 9.95. The molecule has 0 aliphatic heterocycles. The van der Waals surface area contributed by atoms with Crippen molar-refractivity contribution in [1.29, 1.82) is 0 Å². The van der Waals surface area contributed by atoms with Crippen LogP contribution in [0.1, 0.15) is 11.1 Å². The molecule has 0 amide bonds. The Bertz CT molecular complexity index is 377. The molecule has 0 unspecified atom stereocenters.